The van der Waals surface area contributed by atoms with Crippen LogP contribution in [0.4, 0.5) is 11.4 Å². The Morgan fingerprint density at radius 1 is 1.00 bits per heavy atom. The van der Waals surface area contributed by atoms with Crippen LogP contribution in [0.25, 0.3) is 0 Å². The minimum Gasteiger partial charge on any atom is -0.493 e. The summed E-state index contributed by atoms with van der Waals surface area (Å²) in [5.41, 5.74) is 2.82. The smallest absolute Gasteiger partial charge is 0.226 e. The molecule has 0 fully saturated rings. The van der Waals surface area contributed by atoms with Crippen molar-refractivity contribution >= 4 is 17.3 Å². The maximum Gasteiger partial charge on any atom is 0.226 e. The highest BCUT2D eigenvalue weighted by Gasteiger charge is 2.06. The van der Waals surface area contributed by atoms with E-state index in [4.69, 9.17) is 9.47 Å². The number of amides is 1. The summed E-state index contributed by atoms with van der Waals surface area (Å²) in [7, 11) is 3.19. The summed E-state index contributed by atoms with van der Waals surface area (Å²) in [6.07, 6.45) is 0.377. The highest BCUT2D eigenvalue weighted by atomic mass is 16.5. The van der Waals surface area contributed by atoms with Crippen molar-refractivity contribution in [3.05, 3.63) is 48.0 Å². The SMILES string of the molecule is COc1ccc(NCCC(=O)Nc2cccc(C)c2)cc1OC. The first kappa shape index (κ1) is 16.7. The summed E-state index contributed by atoms with van der Waals surface area (Å²) in [5, 5.41) is 6.09. The first-order valence-electron chi connectivity index (χ1n) is 7.45. The molecule has 0 saturated carbocycles. The number of anilines is 2. The van der Waals surface area contributed by atoms with E-state index >= 15 is 0 Å². The van der Waals surface area contributed by atoms with Gasteiger partial charge < -0.3 is 20.1 Å². The van der Waals surface area contributed by atoms with Crippen molar-refractivity contribution in [1.82, 2.24) is 0 Å². The molecule has 5 heteroatoms. The van der Waals surface area contributed by atoms with Gasteiger partial charge in [0.05, 0.1) is 14.2 Å². The standard InChI is InChI=1S/C18H22N2O3/c1-13-5-4-6-15(11-13)20-18(21)9-10-19-14-7-8-16(22-2)17(12-14)23-3/h4-8,11-12,19H,9-10H2,1-3H3,(H,20,21). The minimum absolute atomic E-state index is 0.0245. The Hall–Kier alpha value is -2.69. The lowest BCUT2D eigenvalue weighted by Crippen LogP contribution is -2.16. The van der Waals surface area contributed by atoms with Crippen LogP contribution in [0.2, 0.25) is 0 Å². The number of benzene rings is 2. The first-order chi connectivity index (χ1) is 11.1. The van der Waals surface area contributed by atoms with Gasteiger partial charge in [0.15, 0.2) is 11.5 Å². The molecule has 0 radical (unpaired) electrons. The molecule has 1 amide bonds. The van der Waals surface area contributed by atoms with Crippen LogP contribution in [0.15, 0.2) is 42.5 Å². The van der Waals surface area contributed by atoms with E-state index < -0.39 is 0 Å². The van der Waals surface area contributed by atoms with Crippen LogP contribution < -0.4 is 20.1 Å². The molecule has 0 aliphatic rings. The zero-order valence-corrected chi connectivity index (χ0v) is 13.7. The number of hydrogen-bond acceptors (Lipinski definition) is 4. The van der Waals surface area contributed by atoms with E-state index in [1.807, 2.05) is 49.4 Å². The number of carbonyl (C=O) groups is 1. The van der Waals surface area contributed by atoms with Gasteiger partial charge in [-0.1, -0.05) is 12.1 Å². The van der Waals surface area contributed by atoms with E-state index in [-0.39, 0.29) is 5.91 Å². The van der Waals surface area contributed by atoms with E-state index in [1.54, 1.807) is 14.2 Å². The van der Waals surface area contributed by atoms with Crippen molar-refractivity contribution in [2.45, 2.75) is 13.3 Å². The van der Waals surface area contributed by atoms with Gasteiger partial charge in [0.25, 0.3) is 0 Å². The molecule has 0 unspecified atom stereocenters. The van der Waals surface area contributed by atoms with Gasteiger partial charge in [0, 0.05) is 30.4 Å². The van der Waals surface area contributed by atoms with Gasteiger partial charge in [-0.2, -0.15) is 0 Å². The van der Waals surface area contributed by atoms with Crippen LogP contribution in [0.5, 0.6) is 11.5 Å². The Kier molecular flexibility index (Phi) is 5.86. The predicted molar refractivity (Wildman–Crippen MR) is 92.5 cm³/mol. The Balaban J connectivity index is 1.83. The molecule has 0 atom stereocenters. The van der Waals surface area contributed by atoms with E-state index in [9.17, 15) is 4.79 Å². The third kappa shape index (κ3) is 4.92. The zero-order chi connectivity index (χ0) is 16.7. The molecule has 2 aromatic rings. The zero-order valence-electron chi connectivity index (χ0n) is 13.7. The number of methoxy groups -OCH3 is 2. The number of carbonyl (C=O) groups excluding carboxylic acids is 1. The average molecular weight is 314 g/mol. The van der Waals surface area contributed by atoms with Gasteiger partial charge >= 0.3 is 0 Å². The van der Waals surface area contributed by atoms with Crippen LogP contribution in [0, 0.1) is 6.92 Å². The third-order valence-electron chi connectivity index (χ3n) is 3.37. The van der Waals surface area contributed by atoms with Gasteiger partial charge in [-0.3, -0.25) is 4.79 Å². The maximum atomic E-state index is 11.9. The molecule has 2 rings (SSSR count). The molecule has 0 bridgehead atoms. The van der Waals surface area contributed by atoms with Crippen LogP contribution in [-0.2, 0) is 4.79 Å². The molecule has 0 aliphatic carbocycles. The molecule has 5 nitrogen and oxygen atoms in total. The lowest BCUT2D eigenvalue weighted by molar-refractivity contribution is -0.115. The van der Waals surface area contributed by atoms with Crippen molar-refractivity contribution in [3.63, 3.8) is 0 Å². The third-order valence-corrected chi connectivity index (χ3v) is 3.37. The van der Waals surface area contributed by atoms with Gasteiger partial charge in [-0.15, -0.1) is 0 Å². The maximum absolute atomic E-state index is 11.9. The predicted octanol–water partition coefficient (Wildman–Crippen LogP) is 3.45. The van der Waals surface area contributed by atoms with Crippen LogP contribution >= 0.6 is 0 Å². The Bertz CT molecular complexity index is 671. The van der Waals surface area contributed by atoms with E-state index in [1.165, 1.54) is 0 Å². The normalized spacial score (nSPS) is 10.0. The molecular weight excluding hydrogens is 292 g/mol. The summed E-state index contributed by atoms with van der Waals surface area (Å²) in [4.78, 5) is 11.9. The number of hydrogen-bond donors (Lipinski definition) is 2. The van der Waals surface area contributed by atoms with Crippen LogP contribution in [-0.4, -0.2) is 26.7 Å². The van der Waals surface area contributed by atoms with Gasteiger partial charge in [-0.25, -0.2) is 0 Å². The summed E-state index contributed by atoms with van der Waals surface area (Å²) < 4.78 is 10.4. The minimum atomic E-state index is -0.0245. The quantitative estimate of drug-likeness (QED) is 0.822. The fraction of sp³-hybridized carbons (Fsp3) is 0.278. The van der Waals surface area contributed by atoms with E-state index in [2.05, 4.69) is 10.6 Å². The molecule has 2 N–H and O–H groups in total. The molecule has 122 valence electrons. The Morgan fingerprint density at radius 2 is 1.78 bits per heavy atom. The molecule has 0 heterocycles. The van der Waals surface area contributed by atoms with E-state index in [0.717, 1.165) is 16.9 Å². The monoisotopic (exact) mass is 314 g/mol. The summed E-state index contributed by atoms with van der Waals surface area (Å²) in [6.45, 7) is 2.53. The van der Waals surface area contributed by atoms with Crippen molar-refractivity contribution in [1.29, 1.82) is 0 Å². The molecule has 0 aliphatic heterocycles. The Labute approximate surface area is 136 Å². The van der Waals surface area contributed by atoms with Crippen molar-refractivity contribution in [3.8, 4) is 11.5 Å². The summed E-state index contributed by atoms with van der Waals surface area (Å²) in [5.74, 6) is 1.31. The molecule has 23 heavy (non-hydrogen) atoms. The van der Waals surface area contributed by atoms with Crippen molar-refractivity contribution in [2.75, 3.05) is 31.4 Å². The van der Waals surface area contributed by atoms with Crippen molar-refractivity contribution < 1.29 is 14.3 Å². The number of rotatable bonds is 7. The molecule has 0 spiro atoms. The largest absolute Gasteiger partial charge is 0.493 e. The molecule has 2 aromatic carbocycles. The topological polar surface area (TPSA) is 59.6 Å². The Morgan fingerprint density at radius 3 is 2.48 bits per heavy atom. The lowest BCUT2D eigenvalue weighted by Gasteiger charge is -2.11. The highest BCUT2D eigenvalue weighted by molar-refractivity contribution is 5.91. The number of nitrogens with one attached hydrogen (secondary N) is 2. The number of aryl methyl sites for hydroxylation is 1. The first-order valence-corrected chi connectivity index (χ1v) is 7.45. The summed E-state index contributed by atoms with van der Waals surface area (Å²) in [6, 6.07) is 13.3. The second kappa shape index (κ2) is 8.08. The fourth-order valence-electron chi connectivity index (χ4n) is 2.21. The average Bonchev–Trinajstić information content (AvgIpc) is 2.54. The van der Waals surface area contributed by atoms with Gasteiger partial charge in [0.1, 0.15) is 0 Å². The van der Waals surface area contributed by atoms with Gasteiger partial charge in [0.2, 0.25) is 5.91 Å². The van der Waals surface area contributed by atoms with Crippen LogP contribution in [0.3, 0.4) is 0 Å². The lowest BCUT2D eigenvalue weighted by atomic mass is 10.2. The molecule has 0 aromatic heterocycles. The second-order valence-electron chi connectivity index (χ2n) is 5.16. The number of ether oxygens (including phenoxy) is 2. The van der Waals surface area contributed by atoms with Crippen molar-refractivity contribution in [2.24, 2.45) is 0 Å². The van der Waals surface area contributed by atoms with Gasteiger partial charge in [-0.05, 0) is 36.8 Å². The second-order valence-corrected chi connectivity index (χ2v) is 5.16. The summed E-state index contributed by atoms with van der Waals surface area (Å²) >= 11 is 0. The van der Waals surface area contributed by atoms with Crippen LogP contribution in [0.1, 0.15) is 12.0 Å². The highest BCUT2D eigenvalue weighted by Crippen LogP contribution is 2.29. The molecular formula is C18H22N2O3. The van der Waals surface area contributed by atoms with E-state index in [0.29, 0.717) is 24.5 Å². The molecule has 0 saturated heterocycles. The fourth-order valence-corrected chi connectivity index (χ4v) is 2.21.